The van der Waals surface area contributed by atoms with E-state index in [0.717, 1.165) is 26.9 Å². The zero-order chi connectivity index (χ0) is 13.7. The van der Waals surface area contributed by atoms with Gasteiger partial charge in [0.25, 0.3) is 0 Å². The molecule has 0 heterocycles. The molecule has 0 fully saturated rings. The van der Waals surface area contributed by atoms with E-state index in [-0.39, 0.29) is 0 Å². The summed E-state index contributed by atoms with van der Waals surface area (Å²) in [6.45, 7) is 0.505. The van der Waals surface area contributed by atoms with Crippen LogP contribution < -0.4 is 9.47 Å². The van der Waals surface area contributed by atoms with Crippen molar-refractivity contribution in [2.24, 2.45) is 0 Å². The second-order valence-corrected chi connectivity index (χ2v) is 5.44. The molecule has 19 heavy (non-hydrogen) atoms. The van der Waals surface area contributed by atoms with Gasteiger partial charge in [0.15, 0.2) is 0 Å². The Bertz CT molecular complexity index is 538. The average molecular weight is 386 g/mol. The highest BCUT2D eigenvalue weighted by atomic mass is 79.9. The predicted molar refractivity (Wildman–Crippen MR) is 84.1 cm³/mol. The van der Waals surface area contributed by atoms with Crippen LogP contribution in [0.2, 0.25) is 0 Å². The van der Waals surface area contributed by atoms with Crippen LogP contribution in [-0.2, 0) is 11.9 Å². The van der Waals surface area contributed by atoms with E-state index >= 15 is 0 Å². The van der Waals surface area contributed by atoms with Gasteiger partial charge in [0.05, 0.1) is 7.11 Å². The fourth-order valence-corrected chi connectivity index (χ4v) is 2.36. The lowest BCUT2D eigenvalue weighted by molar-refractivity contribution is 0.304. The molecular weight excluding hydrogens is 372 g/mol. The lowest BCUT2D eigenvalue weighted by atomic mass is 10.2. The maximum atomic E-state index is 5.77. The summed E-state index contributed by atoms with van der Waals surface area (Å²) in [4.78, 5) is 0. The zero-order valence-electron chi connectivity index (χ0n) is 10.5. The molecule has 100 valence electrons. The molecule has 0 atom stereocenters. The van der Waals surface area contributed by atoms with Crippen LogP contribution >= 0.6 is 31.9 Å². The number of methoxy groups -OCH3 is 1. The third kappa shape index (κ3) is 3.98. The van der Waals surface area contributed by atoms with E-state index < -0.39 is 0 Å². The van der Waals surface area contributed by atoms with E-state index in [1.807, 2.05) is 42.5 Å². The van der Waals surface area contributed by atoms with Crippen LogP contribution in [0, 0.1) is 0 Å². The van der Waals surface area contributed by atoms with Crippen molar-refractivity contribution in [2.45, 2.75) is 11.9 Å². The number of hydrogen-bond donors (Lipinski definition) is 0. The molecule has 0 N–H and O–H groups in total. The fourth-order valence-electron chi connectivity index (χ4n) is 1.62. The van der Waals surface area contributed by atoms with Gasteiger partial charge in [-0.05, 0) is 35.9 Å². The molecule has 2 nitrogen and oxygen atoms in total. The van der Waals surface area contributed by atoms with E-state index in [0.29, 0.717) is 6.61 Å². The molecule has 2 aromatic rings. The number of hydrogen-bond acceptors (Lipinski definition) is 2. The Morgan fingerprint density at radius 1 is 1.00 bits per heavy atom. The van der Waals surface area contributed by atoms with Crippen molar-refractivity contribution >= 4 is 31.9 Å². The maximum absolute atomic E-state index is 5.77. The highest BCUT2D eigenvalue weighted by molar-refractivity contribution is 9.10. The molecule has 4 heteroatoms. The van der Waals surface area contributed by atoms with Crippen molar-refractivity contribution in [1.29, 1.82) is 0 Å². The molecule has 0 aliphatic rings. The number of benzene rings is 2. The predicted octanol–water partition coefficient (Wildman–Crippen LogP) is 4.93. The molecule has 0 aliphatic carbocycles. The van der Waals surface area contributed by atoms with Gasteiger partial charge in [0, 0.05) is 15.4 Å². The van der Waals surface area contributed by atoms with Crippen molar-refractivity contribution in [2.75, 3.05) is 7.11 Å². The summed E-state index contributed by atoms with van der Waals surface area (Å²) in [5, 5.41) is 0.856. The van der Waals surface area contributed by atoms with Crippen molar-refractivity contribution in [3.8, 4) is 11.5 Å². The van der Waals surface area contributed by atoms with Crippen LogP contribution in [0.3, 0.4) is 0 Å². The summed E-state index contributed by atoms with van der Waals surface area (Å²) >= 11 is 6.94. The van der Waals surface area contributed by atoms with Crippen molar-refractivity contribution in [1.82, 2.24) is 0 Å². The van der Waals surface area contributed by atoms with Crippen molar-refractivity contribution in [3.63, 3.8) is 0 Å². The van der Waals surface area contributed by atoms with E-state index in [4.69, 9.17) is 9.47 Å². The minimum absolute atomic E-state index is 0.505. The minimum atomic E-state index is 0.505. The fraction of sp³-hybridized carbons (Fsp3) is 0.200. The second kappa shape index (κ2) is 6.96. The maximum Gasteiger partial charge on any atom is 0.119 e. The molecule has 0 spiro atoms. The monoisotopic (exact) mass is 384 g/mol. The Labute approximate surface area is 130 Å². The van der Waals surface area contributed by atoms with Crippen LogP contribution in [0.1, 0.15) is 11.1 Å². The number of halogens is 2. The lowest BCUT2D eigenvalue weighted by Crippen LogP contribution is -1.97. The standard InChI is InChI=1S/C15H14Br2O2/c1-18-14-6-7-15(17)12(8-14)10-19-13-4-2-11(9-16)3-5-13/h2-8H,9-10H2,1H3. The molecular formula is C15H14Br2O2. The van der Waals surface area contributed by atoms with Gasteiger partial charge < -0.3 is 9.47 Å². The van der Waals surface area contributed by atoms with E-state index in [1.165, 1.54) is 5.56 Å². The third-order valence-electron chi connectivity index (χ3n) is 2.72. The minimum Gasteiger partial charge on any atom is -0.497 e. The largest absolute Gasteiger partial charge is 0.497 e. The number of rotatable bonds is 5. The Kier molecular flexibility index (Phi) is 5.28. The Morgan fingerprint density at radius 3 is 2.32 bits per heavy atom. The van der Waals surface area contributed by atoms with Gasteiger partial charge >= 0.3 is 0 Å². The van der Waals surface area contributed by atoms with E-state index in [2.05, 4.69) is 31.9 Å². The van der Waals surface area contributed by atoms with Crippen LogP contribution in [0.15, 0.2) is 46.9 Å². The zero-order valence-corrected chi connectivity index (χ0v) is 13.7. The van der Waals surface area contributed by atoms with Crippen molar-refractivity contribution < 1.29 is 9.47 Å². The highest BCUT2D eigenvalue weighted by Crippen LogP contribution is 2.24. The topological polar surface area (TPSA) is 18.5 Å². The lowest BCUT2D eigenvalue weighted by Gasteiger charge is -2.10. The first kappa shape index (κ1) is 14.4. The molecule has 0 saturated carbocycles. The number of ether oxygens (including phenoxy) is 2. The summed E-state index contributed by atoms with van der Waals surface area (Å²) in [5.41, 5.74) is 2.29. The summed E-state index contributed by atoms with van der Waals surface area (Å²) in [7, 11) is 1.66. The van der Waals surface area contributed by atoms with Gasteiger partial charge in [-0.3, -0.25) is 0 Å². The Hall–Kier alpha value is -1.00. The SMILES string of the molecule is COc1ccc(Br)c(COc2ccc(CBr)cc2)c1. The molecule has 0 bridgehead atoms. The first-order valence-corrected chi connectivity index (χ1v) is 7.74. The second-order valence-electron chi connectivity index (χ2n) is 4.02. The van der Waals surface area contributed by atoms with Gasteiger partial charge in [-0.2, -0.15) is 0 Å². The van der Waals surface area contributed by atoms with Gasteiger partial charge in [-0.15, -0.1) is 0 Å². The smallest absolute Gasteiger partial charge is 0.119 e. The van der Waals surface area contributed by atoms with Crippen LogP contribution in [0.5, 0.6) is 11.5 Å². The van der Waals surface area contributed by atoms with Gasteiger partial charge in [0.1, 0.15) is 18.1 Å². The number of alkyl halides is 1. The van der Waals surface area contributed by atoms with Crippen molar-refractivity contribution in [3.05, 3.63) is 58.1 Å². The Morgan fingerprint density at radius 2 is 1.68 bits per heavy atom. The molecule has 0 aliphatic heterocycles. The van der Waals surface area contributed by atoms with E-state index in [9.17, 15) is 0 Å². The molecule has 0 aromatic heterocycles. The molecule has 0 radical (unpaired) electrons. The van der Waals surface area contributed by atoms with E-state index in [1.54, 1.807) is 7.11 Å². The molecule has 0 saturated heterocycles. The quantitative estimate of drug-likeness (QED) is 0.679. The first-order valence-electron chi connectivity index (χ1n) is 5.83. The molecule has 0 unspecified atom stereocenters. The highest BCUT2D eigenvalue weighted by Gasteiger charge is 2.03. The normalized spacial score (nSPS) is 10.3. The van der Waals surface area contributed by atoms with Crippen LogP contribution in [0.4, 0.5) is 0 Å². The van der Waals surface area contributed by atoms with Gasteiger partial charge in [-0.1, -0.05) is 44.0 Å². The summed E-state index contributed by atoms with van der Waals surface area (Å²) < 4.78 is 12.0. The van der Waals surface area contributed by atoms with Gasteiger partial charge in [-0.25, -0.2) is 0 Å². The Balaban J connectivity index is 2.05. The molecule has 0 amide bonds. The summed E-state index contributed by atoms with van der Waals surface area (Å²) in [6, 6.07) is 13.9. The molecule has 2 rings (SSSR count). The van der Waals surface area contributed by atoms with Crippen LogP contribution in [-0.4, -0.2) is 7.11 Å². The summed E-state index contributed by atoms with van der Waals surface area (Å²) in [6.07, 6.45) is 0. The first-order chi connectivity index (χ1) is 9.22. The van der Waals surface area contributed by atoms with Gasteiger partial charge in [0.2, 0.25) is 0 Å². The molecule has 2 aromatic carbocycles. The summed E-state index contributed by atoms with van der Waals surface area (Å²) in [5.74, 6) is 1.69. The third-order valence-corrected chi connectivity index (χ3v) is 4.15. The van der Waals surface area contributed by atoms with Crippen LogP contribution in [0.25, 0.3) is 0 Å². The average Bonchev–Trinajstić information content (AvgIpc) is 2.47.